The fourth-order valence-corrected chi connectivity index (χ4v) is 7.87. The molecule has 1 aromatic rings. The summed E-state index contributed by atoms with van der Waals surface area (Å²) < 4.78 is 23.4. The smallest absolute Gasteiger partial charge is 0.309 e. The van der Waals surface area contributed by atoms with Crippen molar-refractivity contribution in [3.8, 4) is 0 Å². The molecule has 3 aliphatic rings. The third kappa shape index (κ3) is 14.6. The van der Waals surface area contributed by atoms with E-state index in [9.17, 15) is 24.9 Å². The number of epoxide rings is 1. The number of nitrogens with one attached hydrogen (secondary N) is 1. The van der Waals surface area contributed by atoms with E-state index in [4.69, 9.17) is 28.8 Å². The summed E-state index contributed by atoms with van der Waals surface area (Å²) in [5.74, 6) is -1.35. The molecule has 3 aliphatic heterocycles. The van der Waals surface area contributed by atoms with Crippen molar-refractivity contribution in [2.45, 2.75) is 154 Å². The predicted octanol–water partition coefficient (Wildman–Crippen LogP) is 5.25. The Labute approximate surface area is 339 Å². The molecule has 0 bridgehead atoms. The second-order valence-electron chi connectivity index (χ2n) is 16.2. The van der Waals surface area contributed by atoms with Crippen molar-refractivity contribution in [2.75, 3.05) is 25.1 Å². The number of hydrogen-bond donors (Lipinski definition) is 5. The van der Waals surface area contributed by atoms with Gasteiger partial charge in [-0.25, -0.2) is 0 Å². The lowest BCUT2D eigenvalue weighted by Crippen LogP contribution is -2.52. The Kier molecular flexibility index (Phi) is 18.9. The number of piperidine rings is 1. The van der Waals surface area contributed by atoms with Gasteiger partial charge in [0, 0.05) is 51.2 Å². The number of esters is 2. The lowest BCUT2D eigenvalue weighted by Gasteiger charge is -2.32. The van der Waals surface area contributed by atoms with E-state index in [0.717, 1.165) is 25.1 Å². The zero-order valence-electron chi connectivity index (χ0n) is 35.1. The Morgan fingerprint density at radius 2 is 1.79 bits per heavy atom. The molecule has 4 rings (SSSR count). The first-order valence-corrected chi connectivity index (χ1v) is 20.3. The van der Waals surface area contributed by atoms with Crippen molar-refractivity contribution in [3.05, 3.63) is 65.8 Å². The van der Waals surface area contributed by atoms with Crippen LogP contribution in [0.5, 0.6) is 0 Å². The van der Waals surface area contributed by atoms with Gasteiger partial charge in [0.1, 0.15) is 23.9 Å². The zero-order chi connectivity index (χ0) is 42.3. The van der Waals surface area contributed by atoms with E-state index >= 15 is 0 Å². The standard InChI is InChI=1S/C43H66N2O9.CH2O2/c1-9-35(51-8)30(4)39-40(54-39)41(44-27-32-16-18-33(19-17-32)45-24-11-10-12-25-45)43(7,50)22-13-14-28(2)38-29(3)15-20-36(52-31(5)46)42(6,49)23-21-34(47)26-37(48)53-38;2-1-3/h13-20,22,29-30,34-36,38-41,44,47,49-50H,9-12,21,23-27H2,1-8H3;1H,(H,2,3)/b20-15+,22-13+,28-14+;/t29-,30+,34+,35-,36-,38-,39+,40-,41?,42+,43?;/m0./s1. The summed E-state index contributed by atoms with van der Waals surface area (Å²) in [6, 6.07) is 8.20. The molecule has 2 saturated heterocycles. The summed E-state index contributed by atoms with van der Waals surface area (Å²) in [7, 11) is 1.72. The third-order valence-electron chi connectivity index (χ3n) is 11.4. The average molecular weight is 801 g/mol. The number of aliphatic hydroxyl groups excluding tert-OH is 1. The summed E-state index contributed by atoms with van der Waals surface area (Å²) in [5, 5.41) is 44.3. The van der Waals surface area contributed by atoms with Crippen LogP contribution in [0.1, 0.15) is 99.0 Å². The molecule has 0 aromatic heterocycles. The van der Waals surface area contributed by atoms with Gasteiger partial charge in [0.25, 0.3) is 6.47 Å². The number of nitrogens with zero attached hydrogens (tertiary/aromatic N) is 1. The van der Waals surface area contributed by atoms with E-state index in [1.807, 2.05) is 13.8 Å². The minimum Gasteiger partial charge on any atom is -0.483 e. The van der Waals surface area contributed by atoms with Gasteiger partial charge in [-0.2, -0.15) is 0 Å². The first-order chi connectivity index (χ1) is 27.0. The van der Waals surface area contributed by atoms with Crippen LogP contribution in [-0.4, -0.2) is 113 Å². The summed E-state index contributed by atoms with van der Waals surface area (Å²) in [4.78, 5) is 35.6. The number of ether oxygens (including phenoxy) is 4. The number of carboxylic acid groups (broad SMARTS) is 1. The largest absolute Gasteiger partial charge is 0.483 e. The number of cyclic esters (lactones) is 1. The van der Waals surface area contributed by atoms with E-state index in [-0.39, 0.29) is 55.9 Å². The fourth-order valence-electron chi connectivity index (χ4n) is 7.87. The molecule has 2 unspecified atom stereocenters. The van der Waals surface area contributed by atoms with E-state index in [1.54, 1.807) is 51.3 Å². The van der Waals surface area contributed by atoms with Crippen LogP contribution in [-0.2, 0) is 39.9 Å². The highest BCUT2D eigenvalue weighted by atomic mass is 16.6. The van der Waals surface area contributed by atoms with Gasteiger partial charge < -0.3 is 49.6 Å². The molecule has 0 radical (unpaired) electrons. The van der Waals surface area contributed by atoms with Crippen molar-refractivity contribution in [1.82, 2.24) is 5.32 Å². The highest BCUT2D eigenvalue weighted by Gasteiger charge is 2.54. The molecule has 5 N–H and O–H groups in total. The normalized spacial score (nSPS) is 30.5. The van der Waals surface area contributed by atoms with E-state index < -0.39 is 47.5 Å². The molecule has 2 fully saturated rings. The molecule has 0 amide bonds. The average Bonchev–Trinajstić information content (AvgIpc) is 3.95. The number of rotatable bonds is 14. The van der Waals surface area contributed by atoms with Crippen LogP contribution in [0.3, 0.4) is 0 Å². The van der Waals surface area contributed by atoms with E-state index in [0.29, 0.717) is 12.1 Å². The molecule has 13 nitrogen and oxygen atoms in total. The lowest BCUT2D eigenvalue weighted by molar-refractivity contribution is -0.157. The Morgan fingerprint density at radius 1 is 1.14 bits per heavy atom. The van der Waals surface area contributed by atoms with Crippen LogP contribution < -0.4 is 10.2 Å². The maximum absolute atomic E-state index is 13.0. The minimum absolute atomic E-state index is 0.0373. The number of carbonyl (C=O) groups excluding carboxylic acids is 2. The lowest BCUT2D eigenvalue weighted by atomic mass is 9.87. The van der Waals surface area contributed by atoms with Gasteiger partial charge in [-0.3, -0.25) is 14.4 Å². The first kappa shape index (κ1) is 47.8. The maximum Gasteiger partial charge on any atom is 0.309 e. The Hall–Kier alpha value is -3.59. The second kappa shape index (κ2) is 22.5. The van der Waals surface area contributed by atoms with Crippen LogP contribution in [0.15, 0.2) is 60.2 Å². The molecule has 3 heterocycles. The SMILES string of the molecule is CC[C@H](OC)[C@@H](C)[C@H]1O[C@@H]1C(NCc1ccc(N2CCCCC2)cc1)C(C)(O)/C=C/C=C(\C)[C@@H]1OC(=O)C[C@H](O)CC[C@@](C)(O)[C@@H](OC(C)=O)/C=C/[C@@H]1C.O=CO. The Morgan fingerprint density at radius 3 is 2.39 bits per heavy atom. The van der Waals surface area contributed by atoms with Crippen molar-refractivity contribution in [1.29, 1.82) is 0 Å². The van der Waals surface area contributed by atoms with Gasteiger partial charge in [-0.15, -0.1) is 0 Å². The quantitative estimate of drug-likeness (QED) is 0.0541. The van der Waals surface area contributed by atoms with Crippen molar-refractivity contribution in [3.63, 3.8) is 0 Å². The number of methoxy groups -OCH3 is 1. The molecular formula is C44H68N2O11. The molecule has 320 valence electrons. The van der Waals surface area contributed by atoms with Gasteiger partial charge in [-0.05, 0) is 88.6 Å². The Balaban J connectivity index is 0.00000281. The zero-order valence-corrected chi connectivity index (χ0v) is 35.1. The number of anilines is 1. The monoisotopic (exact) mass is 800 g/mol. The van der Waals surface area contributed by atoms with Crippen molar-refractivity contribution >= 4 is 24.1 Å². The van der Waals surface area contributed by atoms with Crippen LogP contribution in [0.4, 0.5) is 5.69 Å². The van der Waals surface area contributed by atoms with Gasteiger partial charge in [-0.1, -0.05) is 57.2 Å². The molecular weight excluding hydrogens is 732 g/mol. The number of benzene rings is 1. The molecule has 13 heteroatoms. The predicted molar refractivity (Wildman–Crippen MR) is 218 cm³/mol. The highest BCUT2D eigenvalue weighted by molar-refractivity contribution is 5.70. The number of allylic oxidation sites excluding steroid dienone is 2. The maximum atomic E-state index is 13.0. The molecule has 0 saturated carbocycles. The third-order valence-corrected chi connectivity index (χ3v) is 11.4. The summed E-state index contributed by atoms with van der Waals surface area (Å²) in [5.41, 5.74) is 0.262. The first-order valence-electron chi connectivity index (χ1n) is 20.3. The number of aliphatic hydroxyl groups is 3. The van der Waals surface area contributed by atoms with Gasteiger partial charge in [0.15, 0.2) is 0 Å². The summed E-state index contributed by atoms with van der Waals surface area (Å²) in [6.45, 7) is 15.0. The minimum atomic E-state index is -1.45. The molecule has 0 aliphatic carbocycles. The molecule has 11 atom stereocenters. The number of carbonyl (C=O) groups is 3. The number of hydrogen-bond acceptors (Lipinski definition) is 12. The van der Waals surface area contributed by atoms with Gasteiger partial charge >= 0.3 is 11.9 Å². The molecule has 0 spiro atoms. The topological polar surface area (TPSA) is 188 Å². The van der Waals surface area contributed by atoms with Crippen molar-refractivity contribution in [2.24, 2.45) is 11.8 Å². The fraction of sp³-hybridized carbons (Fsp3) is 0.659. The molecule has 57 heavy (non-hydrogen) atoms. The van der Waals surface area contributed by atoms with Gasteiger partial charge in [0.05, 0.1) is 36.4 Å². The van der Waals surface area contributed by atoms with Crippen LogP contribution in [0, 0.1) is 11.8 Å². The summed E-state index contributed by atoms with van der Waals surface area (Å²) >= 11 is 0. The van der Waals surface area contributed by atoms with Gasteiger partial charge in [0.2, 0.25) is 0 Å². The summed E-state index contributed by atoms with van der Waals surface area (Å²) in [6.07, 6.45) is 10.3. The second-order valence-corrected chi connectivity index (χ2v) is 16.2. The molecule has 1 aromatic carbocycles. The van der Waals surface area contributed by atoms with E-state index in [2.05, 4.69) is 48.3 Å². The van der Waals surface area contributed by atoms with Crippen LogP contribution in [0.25, 0.3) is 0 Å². The van der Waals surface area contributed by atoms with Crippen molar-refractivity contribution < 1.29 is 53.8 Å². The van der Waals surface area contributed by atoms with Crippen LogP contribution >= 0.6 is 0 Å². The Bertz CT molecular complexity index is 1500. The van der Waals surface area contributed by atoms with E-state index in [1.165, 1.54) is 31.9 Å². The highest BCUT2D eigenvalue weighted by Crippen LogP contribution is 2.39. The van der Waals surface area contributed by atoms with Crippen LogP contribution in [0.2, 0.25) is 0 Å².